The number of aryl methyl sites for hydroxylation is 1. The second-order valence-electron chi connectivity index (χ2n) is 6.78. The van der Waals surface area contributed by atoms with E-state index in [-0.39, 0.29) is 5.91 Å². The van der Waals surface area contributed by atoms with Gasteiger partial charge in [0.25, 0.3) is 0 Å². The Bertz CT molecular complexity index is 903. The molecule has 27 heavy (non-hydrogen) atoms. The van der Waals surface area contributed by atoms with Crippen molar-refractivity contribution in [3.05, 3.63) is 64.1 Å². The summed E-state index contributed by atoms with van der Waals surface area (Å²) in [6.07, 6.45) is 4.50. The van der Waals surface area contributed by atoms with Crippen LogP contribution >= 0.6 is 23.1 Å². The van der Waals surface area contributed by atoms with Crippen molar-refractivity contribution in [2.24, 2.45) is 0 Å². The molecule has 2 heterocycles. The number of rotatable bonds is 6. The molecule has 2 aromatic heterocycles. The topological polar surface area (TPSA) is 38.1 Å². The number of para-hydroxylation sites is 1. The molecule has 0 spiro atoms. The van der Waals surface area contributed by atoms with Crippen LogP contribution < -0.4 is 0 Å². The second kappa shape index (κ2) is 8.31. The first kappa shape index (κ1) is 18.3. The number of nitrogens with zero attached hydrogens (tertiary/aromatic N) is 3. The van der Waals surface area contributed by atoms with Crippen molar-refractivity contribution in [3.8, 4) is 5.69 Å². The predicted octanol–water partition coefficient (Wildman–Crippen LogP) is 4.56. The van der Waals surface area contributed by atoms with E-state index in [2.05, 4.69) is 34.9 Å². The van der Waals surface area contributed by atoms with Crippen LogP contribution in [-0.2, 0) is 24.2 Å². The summed E-state index contributed by atoms with van der Waals surface area (Å²) in [5, 5.41) is 2.98. The van der Waals surface area contributed by atoms with E-state index in [1.165, 1.54) is 29.1 Å². The third-order valence-corrected chi connectivity index (χ3v) is 6.62. The van der Waals surface area contributed by atoms with Gasteiger partial charge in [0.05, 0.1) is 18.0 Å². The summed E-state index contributed by atoms with van der Waals surface area (Å²) in [6, 6.07) is 14.5. The molecule has 4 rings (SSSR count). The summed E-state index contributed by atoms with van der Waals surface area (Å²) in [6.45, 7) is 0.667. The van der Waals surface area contributed by atoms with Crippen molar-refractivity contribution < 1.29 is 4.79 Å². The monoisotopic (exact) mass is 397 g/mol. The van der Waals surface area contributed by atoms with Crippen molar-refractivity contribution in [3.63, 3.8) is 0 Å². The van der Waals surface area contributed by atoms with Gasteiger partial charge in [0.15, 0.2) is 5.16 Å². The van der Waals surface area contributed by atoms with Crippen LogP contribution in [0, 0.1) is 0 Å². The second-order valence-corrected chi connectivity index (χ2v) is 8.76. The molecule has 0 saturated carbocycles. The molecular weight excluding hydrogens is 374 g/mol. The van der Waals surface area contributed by atoms with Crippen LogP contribution in [0.1, 0.15) is 29.1 Å². The minimum absolute atomic E-state index is 0.133. The van der Waals surface area contributed by atoms with Gasteiger partial charge in [-0.05, 0) is 49.3 Å². The highest BCUT2D eigenvalue weighted by Crippen LogP contribution is 2.30. The lowest BCUT2D eigenvalue weighted by molar-refractivity contribution is -0.127. The molecule has 0 radical (unpaired) electrons. The summed E-state index contributed by atoms with van der Waals surface area (Å²) in [7, 11) is 1.87. The molecule has 1 aliphatic carbocycles. The highest BCUT2D eigenvalue weighted by molar-refractivity contribution is 7.99. The van der Waals surface area contributed by atoms with Crippen LogP contribution in [0.3, 0.4) is 0 Å². The molecule has 1 amide bonds. The van der Waals surface area contributed by atoms with Gasteiger partial charge in [-0.2, -0.15) is 0 Å². The maximum atomic E-state index is 12.6. The molecule has 0 atom stereocenters. The van der Waals surface area contributed by atoms with E-state index in [1.807, 2.05) is 24.6 Å². The molecular formula is C21H23N3OS2. The standard InChI is InChI=1S/C21H23N3OS2/c1-23(14-17-10-7-13-26-17)20(25)15-27-21-22-18-11-5-6-12-19(18)24(21)16-8-3-2-4-9-16/h2-4,7-10,13H,5-6,11-12,14-15H2,1H3. The Morgan fingerprint density at radius 2 is 2.00 bits per heavy atom. The number of benzene rings is 1. The van der Waals surface area contributed by atoms with E-state index in [0.717, 1.165) is 23.7 Å². The van der Waals surface area contributed by atoms with E-state index < -0.39 is 0 Å². The zero-order valence-corrected chi connectivity index (χ0v) is 17.1. The number of thioether (sulfide) groups is 1. The van der Waals surface area contributed by atoms with Crippen molar-refractivity contribution >= 4 is 29.0 Å². The summed E-state index contributed by atoms with van der Waals surface area (Å²) in [5.41, 5.74) is 3.65. The van der Waals surface area contributed by atoms with Crippen LogP contribution in [0.2, 0.25) is 0 Å². The van der Waals surface area contributed by atoms with Crippen LogP contribution in [0.25, 0.3) is 5.69 Å². The van der Waals surface area contributed by atoms with E-state index in [0.29, 0.717) is 12.3 Å². The quantitative estimate of drug-likeness (QED) is 0.572. The van der Waals surface area contributed by atoms with Crippen molar-refractivity contribution in [1.82, 2.24) is 14.5 Å². The average molecular weight is 398 g/mol. The molecule has 0 saturated heterocycles. The normalized spacial score (nSPS) is 13.4. The predicted molar refractivity (Wildman–Crippen MR) is 112 cm³/mol. The van der Waals surface area contributed by atoms with Crippen molar-refractivity contribution in [2.75, 3.05) is 12.8 Å². The van der Waals surface area contributed by atoms with Gasteiger partial charge in [0, 0.05) is 23.3 Å². The lowest BCUT2D eigenvalue weighted by atomic mass is 10.0. The molecule has 1 aliphatic rings. The molecule has 0 unspecified atom stereocenters. The number of amides is 1. The maximum absolute atomic E-state index is 12.6. The summed E-state index contributed by atoms with van der Waals surface area (Å²) >= 11 is 3.23. The summed E-state index contributed by atoms with van der Waals surface area (Å²) < 4.78 is 2.26. The molecule has 6 heteroatoms. The molecule has 3 aromatic rings. The fourth-order valence-corrected chi connectivity index (χ4v) is 5.17. The van der Waals surface area contributed by atoms with Gasteiger partial charge in [-0.25, -0.2) is 4.98 Å². The SMILES string of the molecule is CN(Cc1cccs1)C(=O)CSc1nc2c(n1-c1ccccc1)CCCC2. The van der Waals surface area contributed by atoms with E-state index >= 15 is 0 Å². The first-order valence-electron chi connectivity index (χ1n) is 9.27. The van der Waals surface area contributed by atoms with Crippen LogP contribution in [-0.4, -0.2) is 33.2 Å². The molecule has 0 fully saturated rings. The van der Waals surface area contributed by atoms with Gasteiger partial charge in [-0.3, -0.25) is 9.36 Å². The smallest absolute Gasteiger partial charge is 0.233 e. The Hall–Kier alpha value is -2.05. The molecule has 0 bridgehead atoms. The Kier molecular flexibility index (Phi) is 5.64. The lowest BCUT2D eigenvalue weighted by Gasteiger charge is -2.17. The zero-order valence-electron chi connectivity index (χ0n) is 15.4. The zero-order chi connectivity index (χ0) is 18.6. The van der Waals surface area contributed by atoms with Crippen molar-refractivity contribution in [1.29, 1.82) is 0 Å². The number of carbonyl (C=O) groups is 1. The molecule has 1 aromatic carbocycles. The van der Waals surface area contributed by atoms with E-state index in [1.54, 1.807) is 28.0 Å². The summed E-state index contributed by atoms with van der Waals surface area (Å²) in [4.78, 5) is 20.5. The number of thiophene rings is 1. The van der Waals surface area contributed by atoms with Crippen LogP contribution in [0.5, 0.6) is 0 Å². The third-order valence-electron chi connectivity index (χ3n) is 4.84. The van der Waals surface area contributed by atoms with Crippen LogP contribution in [0.15, 0.2) is 53.0 Å². The number of hydrogen-bond donors (Lipinski definition) is 0. The fourth-order valence-electron chi connectivity index (χ4n) is 3.42. The largest absolute Gasteiger partial charge is 0.340 e. The fraction of sp³-hybridized carbons (Fsp3) is 0.333. The maximum Gasteiger partial charge on any atom is 0.233 e. The minimum Gasteiger partial charge on any atom is -0.340 e. The highest BCUT2D eigenvalue weighted by atomic mass is 32.2. The molecule has 0 N–H and O–H groups in total. The molecule has 4 nitrogen and oxygen atoms in total. The Balaban J connectivity index is 1.52. The first-order chi connectivity index (χ1) is 13.2. The molecule has 0 aliphatic heterocycles. The first-order valence-corrected chi connectivity index (χ1v) is 11.1. The average Bonchev–Trinajstić information content (AvgIpc) is 3.33. The van der Waals surface area contributed by atoms with Crippen LogP contribution in [0.4, 0.5) is 0 Å². The summed E-state index contributed by atoms with van der Waals surface area (Å²) in [5.74, 6) is 0.541. The van der Waals surface area contributed by atoms with E-state index in [9.17, 15) is 4.79 Å². The number of fused-ring (bicyclic) bond motifs is 1. The highest BCUT2D eigenvalue weighted by Gasteiger charge is 2.22. The minimum atomic E-state index is 0.133. The van der Waals surface area contributed by atoms with Gasteiger partial charge >= 0.3 is 0 Å². The van der Waals surface area contributed by atoms with Crippen molar-refractivity contribution in [2.45, 2.75) is 37.4 Å². The number of aromatic nitrogens is 2. The Labute approximate surface area is 168 Å². The van der Waals surface area contributed by atoms with Gasteiger partial charge in [-0.15, -0.1) is 11.3 Å². The number of imidazole rings is 1. The third kappa shape index (κ3) is 4.12. The van der Waals surface area contributed by atoms with E-state index in [4.69, 9.17) is 4.98 Å². The van der Waals surface area contributed by atoms with Gasteiger partial charge in [-0.1, -0.05) is 36.0 Å². The molecule has 140 valence electrons. The van der Waals surface area contributed by atoms with Gasteiger partial charge < -0.3 is 4.90 Å². The van der Waals surface area contributed by atoms with Gasteiger partial charge in [0.1, 0.15) is 0 Å². The Morgan fingerprint density at radius 1 is 1.19 bits per heavy atom. The van der Waals surface area contributed by atoms with Gasteiger partial charge in [0.2, 0.25) is 5.91 Å². The number of carbonyl (C=O) groups excluding carboxylic acids is 1. The lowest BCUT2D eigenvalue weighted by Crippen LogP contribution is -2.27. The Morgan fingerprint density at radius 3 is 2.78 bits per heavy atom. The number of hydrogen-bond acceptors (Lipinski definition) is 4.